The van der Waals surface area contributed by atoms with E-state index < -0.39 is 26.7 Å². The lowest BCUT2D eigenvalue weighted by molar-refractivity contribution is -0.137. The molecule has 25 heavy (non-hydrogen) atoms. The van der Waals surface area contributed by atoms with E-state index in [1.54, 1.807) is 25.2 Å². The average Bonchev–Trinajstić information content (AvgIpc) is 2.60. The quantitative estimate of drug-likeness (QED) is 0.898. The summed E-state index contributed by atoms with van der Waals surface area (Å²) in [4.78, 5) is -0.412. The van der Waals surface area contributed by atoms with Crippen LogP contribution in [0.3, 0.4) is 0 Å². The van der Waals surface area contributed by atoms with Crippen molar-refractivity contribution in [3.63, 3.8) is 0 Å². The van der Waals surface area contributed by atoms with Crippen LogP contribution in [0.15, 0.2) is 47.4 Å². The highest BCUT2D eigenvalue weighted by Gasteiger charge is 2.34. The lowest BCUT2D eigenvalue weighted by Gasteiger charge is -2.31. The van der Waals surface area contributed by atoms with Gasteiger partial charge in [0.15, 0.2) is 0 Å². The highest BCUT2D eigenvalue weighted by Crippen LogP contribution is 2.38. The second-order valence-corrected chi connectivity index (χ2v) is 7.25. The minimum atomic E-state index is -4.62. The fraction of sp³-hybridized carbons (Fsp3) is 0.250. The smallest absolute Gasteiger partial charge is 0.416 e. The van der Waals surface area contributed by atoms with Crippen molar-refractivity contribution >= 4 is 21.4 Å². The lowest BCUT2D eigenvalue weighted by atomic mass is 10.2. The van der Waals surface area contributed by atoms with Gasteiger partial charge in [-0.1, -0.05) is 6.07 Å². The van der Waals surface area contributed by atoms with E-state index in [2.05, 4.69) is 5.32 Å². The SMILES string of the molecule is CNc1ccc2c(c1)N(S(=O)(=O)c1cccc(C(F)(F)F)c1)CCO2. The Balaban J connectivity index is 2.08. The molecule has 0 aliphatic carbocycles. The maximum Gasteiger partial charge on any atom is 0.416 e. The van der Waals surface area contributed by atoms with E-state index >= 15 is 0 Å². The van der Waals surface area contributed by atoms with Gasteiger partial charge in [0, 0.05) is 12.7 Å². The van der Waals surface area contributed by atoms with Crippen molar-refractivity contribution in [1.82, 2.24) is 0 Å². The van der Waals surface area contributed by atoms with E-state index in [1.807, 2.05) is 0 Å². The zero-order valence-electron chi connectivity index (χ0n) is 13.2. The van der Waals surface area contributed by atoms with Gasteiger partial charge in [-0.05, 0) is 36.4 Å². The Morgan fingerprint density at radius 3 is 2.60 bits per heavy atom. The zero-order chi connectivity index (χ0) is 18.2. The third-order valence-corrected chi connectivity index (χ3v) is 5.63. The summed E-state index contributed by atoms with van der Waals surface area (Å²) in [5.74, 6) is 0.362. The van der Waals surface area contributed by atoms with Gasteiger partial charge in [-0.3, -0.25) is 4.31 Å². The summed E-state index contributed by atoms with van der Waals surface area (Å²) < 4.78 is 71.0. The predicted octanol–water partition coefficient (Wildman–Crippen LogP) is 3.33. The number of hydrogen-bond acceptors (Lipinski definition) is 4. The number of hydrogen-bond donors (Lipinski definition) is 1. The highest BCUT2D eigenvalue weighted by molar-refractivity contribution is 7.92. The van der Waals surface area contributed by atoms with Crippen LogP contribution in [0.25, 0.3) is 0 Å². The number of fused-ring (bicyclic) bond motifs is 1. The van der Waals surface area contributed by atoms with Gasteiger partial charge in [0.1, 0.15) is 12.4 Å². The second-order valence-electron chi connectivity index (χ2n) is 5.38. The predicted molar refractivity (Wildman–Crippen MR) is 87.5 cm³/mol. The molecule has 0 spiro atoms. The molecule has 134 valence electrons. The molecular weight excluding hydrogens is 357 g/mol. The number of benzene rings is 2. The number of rotatable bonds is 3. The fourth-order valence-corrected chi connectivity index (χ4v) is 4.06. The summed E-state index contributed by atoms with van der Waals surface area (Å²) >= 11 is 0. The molecule has 0 saturated heterocycles. The molecule has 5 nitrogen and oxygen atoms in total. The Labute approximate surface area is 143 Å². The number of anilines is 2. The van der Waals surface area contributed by atoms with Gasteiger partial charge < -0.3 is 10.1 Å². The monoisotopic (exact) mass is 372 g/mol. The molecule has 0 unspecified atom stereocenters. The summed E-state index contributed by atoms with van der Waals surface area (Å²) in [7, 11) is -2.48. The number of halogens is 3. The van der Waals surface area contributed by atoms with Crippen LogP contribution in [0.1, 0.15) is 5.56 Å². The summed E-state index contributed by atoms with van der Waals surface area (Å²) in [6.45, 7) is 0.128. The molecule has 1 N–H and O–H groups in total. The third-order valence-electron chi connectivity index (χ3n) is 3.82. The maximum atomic E-state index is 12.9. The molecule has 2 aromatic rings. The molecule has 3 rings (SSSR count). The van der Waals surface area contributed by atoms with Crippen LogP contribution in [-0.2, 0) is 16.2 Å². The molecule has 9 heteroatoms. The number of ether oxygens (including phenoxy) is 1. The van der Waals surface area contributed by atoms with Gasteiger partial charge in [-0.15, -0.1) is 0 Å². The molecule has 0 radical (unpaired) electrons. The standard InChI is InChI=1S/C16H15F3N2O3S/c1-20-12-5-6-15-14(10-12)21(7-8-24-15)25(22,23)13-4-2-3-11(9-13)16(17,18)19/h2-6,9-10,20H,7-8H2,1H3. The van der Waals surface area contributed by atoms with Gasteiger partial charge in [-0.25, -0.2) is 8.42 Å². The minimum absolute atomic E-state index is 0.0126. The summed E-state index contributed by atoms with van der Waals surface area (Å²) in [6.07, 6.45) is -4.62. The number of nitrogens with zero attached hydrogens (tertiary/aromatic N) is 1. The first-order chi connectivity index (χ1) is 11.7. The summed E-state index contributed by atoms with van der Waals surface area (Å²) in [5.41, 5.74) is -0.0602. The first-order valence-electron chi connectivity index (χ1n) is 7.38. The molecule has 0 bridgehead atoms. The molecule has 1 aliphatic rings. The van der Waals surface area contributed by atoms with Crippen molar-refractivity contribution in [3.05, 3.63) is 48.0 Å². The van der Waals surface area contributed by atoms with Crippen molar-refractivity contribution in [1.29, 1.82) is 0 Å². The van der Waals surface area contributed by atoms with E-state index in [4.69, 9.17) is 4.74 Å². The normalized spacial score (nSPS) is 14.6. The van der Waals surface area contributed by atoms with Crippen molar-refractivity contribution in [2.75, 3.05) is 29.8 Å². The Kier molecular flexibility index (Phi) is 4.28. The van der Waals surface area contributed by atoms with Crippen molar-refractivity contribution in [2.45, 2.75) is 11.1 Å². The van der Waals surface area contributed by atoms with Crippen molar-refractivity contribution in [2.24, 2.45) is 0 Å². The van der Waals surface area contributed by atoms with Gasteiger partial charge in [0.05, 0.1) is 22.7 Å². The summed E-state index contributed by atoms with van der Waals surface area (Å²) in [6, 6.07) is 8.65. The Morgan fingerprint density at radius 2 is 1.92 bits per heavy atom. The van der Waals surface area contributed by atoms with Crippen LogP contribution < -0.4 is 14.4 Å². The Morgan fingerprint density at radius 1 is 1.16 bits per heavy atom. The number of alkyl halides is 3. The average molecular weight is 372 g/mol. The fourth-order valence-electron chi connectivity index (χ4n) is 2.56. The van der Waals surface area contributed by atoms with Crippen LogP contribution in [0, 0.1) is 0 Å². The molecule has 0 amide bonds. The van der Waals surface area contributed by atoms with Crippen LogP contribution in [0.5, 0.6) is 5.75 Å². The van der Waals surface area contributed by atoms with Gasteiger partial charge in [-0.2, -0.15) is 13.2 Å². The molecule has 0 fully saturated rings. The topological polar surface area (TPSA) is 58.6 Å². The molecule has 2 aromatic carbocycles. The van der Waals surface area contributed by atoms with Gasteiger partial charge in [0.2, 0.25) is 0 Å². The van der Waals surface area contributed by atoms with E-state index in [1.165, 1.54) is 0 Å². The molecule has 1 aliphatic heterocycles. The first-order valence-corrected chi connectivity index (χ1v) is 8.82. The van der Waals surface area contributed by atoms with Crippen LogP contribution in [-0.4, -0.2) is 28.6 Å². The first kappa shape index (κ1) is 17.4. The van der Waals surface area contributed by atoms with Gasteiger partial charge in [0.25, 0.3) is 10.0 Å². The zero-order valence-corrected chi connectivity index (χ0v) is 14.0. The largest absolute Gasteiger partial charge is 0.489 e. The molecule has 0 saturated carbocycles. The highest BCUT2D eigenvalue weighted by atomic mass is 32.2. The number of sulfonamides is 1. The summed E-state index contributed by atoms with van der Waals surface area (Å²) in [5, 5.41) is 2.89. The van der Waals surface area contributed by atoms with Crippen LogP contribution >= 0.6 is 0 Å². The second kappa shape index (κ2) is 6.14. The van der Waals surface area contributed by atoms with Crippen LogP contribution in [0.2, 0.25) is 0 Å². The van der Waals surface area contributed by atoms with Crippen molar-refractivity contribution in [3.8, 4) is 5.75 Å². The van der Waals surface area contributed by atoms with E-state index in [0.717, 1.165) is 22.5 Å². The van der Waals surface area contributed by atoms with Crippen molar-refractivity contribution < 1.29 is 26.3 Å². The number of nitrogens with one attached hydrogen (secondary N) is 1. The molecule has 0 aromatic heterocycles. The minimum Gasteiger partial charge on any atom is -0.489 e. The van der Waals surface area contributed by atoms with E-state index in [-0.39, 0.29) is 18.8 Å². The molecular formula is C16H15F3N2O3S. The lowest BCUT2D eigenvalue weighted by Crippen LogP contribution is -2.38. The maximum absolute atomic E-state index is 12.9. The van der Waals surface area contributed by atoms with Gasteiger partial charge >= 0.3 is 6.18 Å². The van der Waals surface area contributed by atoms with Crippen LogP contribution in [0.4, 0.5) is 24.5 Å². The molecule has 1 heterocycles. The molecule has 0 atom stereocenters. The van der Waals surface area contributed by atoms with E-state index in [9.17, 15) is 21.6 Å². The third kappa shape index (κ3) is 3.23. The Bertz CT molecular complexity index is 898. The Hall–Kier alpha value is -2.42. The van der Waals surface area contributed by atoms with E-state index in [0.29, 0.717) is 17.5 Å².